The molecule has 1 heterocycles. The van der Waals surface area contributed by atoms with E-state index in [9.17, 15) is 13.2 Å². The zero-order valence-electron chi connectivity index (χ0n) is 12.2. The first-order valence-electron chi connectivity index (χ1n) is 6.66. The molecule has 1 fully saturated rings. The van der Waals surface area contributed by atoms with Crippen molar-refractivity contribution in [2.45, 2.75) is 31.0 Å². The van der Waals surface area contributed by atoms with E-state index < -0.39 is 15.8 Å². The predicted octanol–water partition coefficient (Wildman–Crippen LogP) is 1.40. The number of nitrogens with zero attached hydrogens (tertiary/aromatic N) is 1. The number of hydrogen-bond donors (Lipinski definition) is 1. The first-order valence-corrected chi connectivity index (χ1v) is 8.55. The number of anilines is 1. The molecule has 0 spiro atoms. The Hall–Kier alpha value is -1.60. The van der Waals surface area contributed by atoms with Crippen LogP contribution in [0.25, 0.3) is 0 Å². The van der Waals surface area contributed by atoms with Crippen molar-refractivity contribution in [3.63, 3.8) is 0 Å². The second-order valence-corrected chi connectivity index (χ2v) is 7.41. The van der Waals surface area contributed by atoms with Gasteiger partial charge in [-0.3, -0.25) is 0 Å². The molecule has 0 bridgehead atoms. The van der Waals surface area contributed by atoms with Crippen molar-refractivity contribution in [3.8, 4) is 0 Å². The third-order valence-corrected chi connectivity index (χ3v) is 4.51. The van der Waals surface area contributed by atoms with Crippen LogP contribution in [0.5, 0.6) is 0 Å². The minimum absolute atomic E-state index is 0.0466. The van der Waals surface area contributed by atoms with Crippen molar-refractivity contribution in [2.24, 2.45) is 0 Å². The average Bonchev–Trinajstić information content (AvgIpc) is 2.35. The van der Waals surface area contributed by atoms with Crippen LogP contribution in [0.15, 0.2) is 23.1 Å². The molecule has 21 heavy (non-hydrogen) atoms. The molecule has 2 rings (SSSR count). The topological polar surface area (TPSA) is 83.9 Å². The fourth-order valence-electron chi connectivity index (χ4n) is 2.59. The number of carboxylic acid groups (broad SMARTS) is 1. The molecule has 0 aliphatic carbocycles. The Morgan fingerprint density at radius 2 is 1.86 bits per heavy atom. The minimum Gasteiger partial charge on any atom is -0.478 e. The molecule has 116 valence electrons. The van der Waals surface area contributed by atoms with Crippen molar-refractivity contribution in [2.75, 3.05) is 24.2 Å². The maximum Gasteiger partial charge on any atom is 0.335 e. The number of morpholine rings is 1. The molecule has 7 heteroatoms. The Morgan fingerprint density at radius 3 is 2.33 bits per heavy atom. The highest BCUT2D eigenvalue weighted by Crippen LogP contribution is 2.29. The molecule has 0 radical (unpaired) electrons. The predicted molar refractivity (Wildman–Crippen MR) is 78.7 cm³/mol. The largest absolute Gasteiger partial charge is 0.478 e. The van der Waals surface area contributed by atoms with Crippen LogP contribution < -0.4 is 4.90 Å². The summed E-state index contributed by atoms with van der Waals surface area (Å²) in [6.07, 6.45) is 1.03. The van der Waals surface area contributed by atoms with Crippen molar-refractivity contribution in [1.29, 1.82) is 0 Å². The normalized spacial score (nSPS) is 23.1. The Labute approximate surface area is 124 Å². The van der Waals surface area contributed by atoms with Gasteiger partial charge in [-0.15, -0.1) is 0 Å². The van der Waals surface area contributed by atoms with Crippen LogP contribution in [-0.4, -0.2) is 51.0 Å². The standard InChI is InChI=1S/C14H19NO5S/c1-9-7-15(8-10(2)20-9)12-6-11(14(16)17)4-5-13(12)21(3,18)19/h4-6,9-10H,7-8H2,1-3H3,(H,16,17)/t9-,10+. The van der Waals surface area contributed by atoms with Gasteiger partial charge in [0, 0.05) is 19.3 Å². The summed E-state index contributed by atoms with van der Waals surface area (Å²) in [4.78, 5) is 13.2. The summed E-state index contributed by atoms with van der Waals surface area (Å²) >= 11 is 0. The number of ether oxygens (including phenoxy) is 1. The van der Waals surface area contributed by atoms with Gasteiger partial charge in [-0.1, -0.05) is 0 Å². The lowest BCUT2D eigenvalue weighted by molar-refractivity contribution is -0.00537. The SMILES string of the molecule is C[C@@H]1CN(c2cc(C(=O)O)ccc2S(C)(=O)=O)C[C@H](C)O1. The number of benzene rings is 1. The molecule has 0 unspecified atom stereocenters. The van der Waals surface area contributed by atoms with Crippen molar-refractivity contribution in [1.82, 2.24) is 0 Å². The Balaban J connectivity index is 2.53. The number of aromatic carboxylic acids is 1. The Kier molecular flexibility index (Phi) is 4.25. The molecular weight excluding hydrogens is 294 g/mol. The van der Waals surface area contributed by atoms with E-state index in [-0.39, 0.29) is 22.7 Å². The number of carbonyl (C=O) groups is 1. The molecule has 0 aromatic heterocycles. The van der Waals surface area contributed by atoms with Crippen LogP contribution in [0.1, 0.15) is 24.2 Å². The van der Waals surface area contributed by atoms with Gasteiger partial charge >= 0.3 is 5.97 Å². The lowest BCUT2D eigenvalue weighted by atomic mass is 10.1. The zero-order valence-corrected chi connectivity index (χ0v) is 13.1. The van der Waals surface area contributed by atoms with Gasteiger partial charge in [-0.25, -0.2) is 13.2 Å². The summed E-state index contributed by atoms with van der Waals surface area (Å²) in [6.45, 7) is 4.86. The van der Waals surface area contributed by atoms with E-state index in [0.29, 0.717) is 18.8 Å². The molecule has 1 aliphatic rings. The van der Waals surface area contributed by atoms with Crippen LogP contribution in [0, 0.1) is 0 Å². The smallest absolute Gasteiger partial charge is 0.335 e. The number of sulfone groups is 1. The highest BCUT2D eigenvalue weighted by molar-refractivity contribution is 7.90. The van der Waals surface area contributed by atoms with Crippen LogP contribution in [0.2, 0.25) is 0 Å². The summed E-state index contributed by atoms with van der Waals surface area (Å²) in [6, 6.07) is 4.10. The molecular formula is C14H19NO5S. The van der Waals surface area contributed by atoms with Gasteiger partial charge in [0.2, 0.25) is 0 Å². The van der Waals surface area contributed by atoms with E-state index in [0.717, 1.165) is 6.26 Å². The molecule has 0 amide bonds. The highest BCUT2D eigenvalue weighted by atomic mass is 32.2. The Bertz CT molecular complexity index is 645. The summed E-state index contributed by atoms with van der Waals surface area (Å²) in [7, 11) is -3.44. The molecule has 0 saturated carbocycles. The summed E-state index contributed by atoms with van der Waals surface area (Å²) in [5.41, 5.74) is 0.503. The number of rotatable bonds is 3. The lowest BCUT2D eigenvalue weighted by Gasteiger charge is -2.37. The third-order valence-electron chi connectivity index (χ3n) is 3.37. The van der Waals surface area contributed by atoms with Gasteiger partial charge in [0.25, 0.3) is 0 Å². The average molecular weight is 313 g/mol. The fourth-order valence-corrected chi connectivity index (χ4v) is 3.47. The van der Waals surface area contributed by atoms with Crippen LogP contribution in [-0.2, 0) is 14.6 Å². The van der Waals surface area contributed by atoms with Gasteiger partial charge in [-0.05, 0) is 32.0 Å². The van der Waals surface area contributed by atoms with E-state index in [1.165, 1.54) is 18.2 Å². The maximum absolute atomic E-state index is 11.9. The zero-order chi connectivity index (χ0) is 15.8. The fraction of sp³-hybridized carbons (Fsp3) is 0.500. The van der Waals surface area contributed by atoms with Crippen molar-refractivity contribution in [3.05, 3.63) is 23.8 Å². The molecule has 6 nitrogen and oxygen atoms in total. The van der Waals surface area contributed by atoms with E-state index in [1.807, 2.05) is 18.7 Å². The quantitative estimate of drug-likeness (QED) is 0.908. The second kappa shape index (κ2) is 5.65. The monoisotopic (exact) mass is 313 g/mol. The van der Waals surface area contributed by atoms with Crippen LogP contribution in [0.3, 0.4) is 0 Å². The molecule has 2 atom stereocenters. The maximum atomic E-state index is 11.9. The summed E-state index contributed by atoms with van der Waals surface area (Å²) in [5, 5.41) is 9.11. The second-order valence-electron chi connectivity index (χ2n) is 5.42. The Morgan fingerprint density at radius 1 is 1.29 bits per heavy atom. The van der Waals surface area contributed by atoms with E-state index in [2.05, 4.69) is 0 Å². The number of hydrogen-bond acceptors (Lipinski definition) is 5. The highest BCUT2D eigenvalue weighted by Gasteiger charge is 2.27. The van der Waals surface area contributed by atoms with Crippen molar-refractivity contribution >= 4 is 21.5 Å². The first-order chi connectivity index (χ1) is 9.68. The van der Waals surface area contributed by atoms with Gasteiger partial charge < -0.3 is 14.7 Å². The molecule has 1 aromatic carbocycles. The molecule has 1 aliphatic heterocycles. The van der Waals surface area contributed by atoms with E-state index in [1.54, 1.807) is 0 Å². The van der Waals surface area contributed by atoms with Crippen LogP contribution >= 0.6 is 0 Å². The summed E-state index contributed by atoms with van der Waals surface area (Å²) in [5.74, 6) is -1.08. The molecule has 1 N–H and O–H groups in total. The van der Waals surface area contributed by atoms with E-state index in [4.69, 9.17) is 9.84 Å². The van der Waals surface area contributed by atoms with Crippen molar-refractivity contribution < 1.29 is 23.1 Å². The van der Waals surface area contributed by atoms with Gasteiger partial charge in [0.15, 0.2) is 9.84 Å². The number of carboxylic acids is 1. The van der Waals surface area contributed by atoms with Gasteiger partial charge in [0.05, 0.1) is 28.4 Å². The molecule has 1 aromatic rings. The van der Waals surface area contributed by atoms with Gasteiger partial charge in [0.1, 0.15) is 0 Å². The van der Waals surface area contributed by atoms with Crippen LogP contribution in [0.4, 0.5) is 5.69 Å². The van der Waals surface area contributed by atoms with Gasteiger partial charge in [-0.2, -0.15) is 0 Å². The molecule has 1 saturated heterocycles. The van der Waals surface area contributed by atoms with E-state index >= 15 is 0 Å². The first kappa shape index (κ1) is 15.8. The third kappa shape index (κ3) is 3.54. The lowest BCUT2D eigenvalue weighted by Crippen LogP contribution is -2.46. The minimum atomic E-state index is -3.44. The summed E-state index contributed by atoms with van der Waals surface area (Å²) < 4.78 is 29.5.